The van der Waals surface area contributed by atoms with Crippen LogP contribution in [-0.2, 0) is 19.3 Å². The van der Waals surface area contributed by atoms with Gasteiger partial charge in [-0.2, -0.15) is 13.2 Å². The number of carbonyl (C=O) groups excluding carboxylic acids is 1. The van der Waals surface area contributed by atoms with Crippen LogP contribution in [0.15, 0.2) is 30.3 Å². The van der Waals surface area contributed by atoms with Gasteiger partial charge in [0.25, 0.3) is 5.91 Å². The lowest BCUT2D eigenvalue weighted by Crippen LogP contribution is -2.23. The van der Waals surface area contributed by atoms with E-state index in [4.69, 9.17) is 11.5 Å². The number of alkyl halides is 3. The van der Waals surface area contributed by atoms with E-state index >= 15 is 0 Å². The zero-order chi connectivity index (χ0) is 16.3. The summed E-state index contributed by atoms with van der Waals surface area (Å²) in [6, 6.07) is 7.23. The average Bonchev–Trinajstić information content (AvgIpc) is 2.94. The third-order valence-corrected chi connectivity index (χ3v) is 4.19. The molecule has 0 unspecified atom stereocenters. The van der Waals surface area contributed by atoms with Gasteiger partial charge in [-0.1, -0.05) is 12.1 Å². The lowest BCUT2D eigenvalue weighted by molar-refractivity contribution is -0.134. The Balaban J connectivity index is 2.08. The summed E-state index contributed by atoms with van der Waals surface area (Å²) in [6.07, 6.45) is -4.44. The topological polar surface area (TPSA) is 81.1 Å². The fraction of sp³-hybridized carbons (Fsp3) is 0.214. The van der Waals surface area contributed by atoms with Crippen molar-refractivity contribution in [1.82, 2.24) is 5.32 Å². The Hall–Kier alpha value is -2.06. The van der Waals surface area contributed by atoms with Gasteiger partial charge in [-0.25, -0.2) is 0 Å². The first kappa shape index (κ1) is 16.3. The second kappa shape index (κ2) is 6.37. The molecule has 0 saturated carbocycles. The molecule has 1 amide bonds. The third-order valence-electron chi connectivity index (χ3n) is 3.06. The number of thiophene rings is 1. The van der Waals surface area contributed by atoms with Crippen molar-refractivity contribution in [2.45, 2.75) is 19.3 Å². The highest BCUT2D eigenvalue weighted by molar-refractivity contribution is 7.14. The number of rotatable bonds is 4. The van der Waals surface area contributed by atoms with Gasteiger partial charge in [-0.3, -0.25) is 4.79 Å². The van der Waals surface area contributed by atoms with Crippen molar-refractivity contribution in [3.63, 3.8) is 0 Å². The molecule has 8 heteroatoms. The van der Waals surface area contributed by atoms with Crippen LogP contribution in [0.4, 0.5) is 18.9 Å². The highest BCUT2D eigenvalue weighted by atomic mass is 32.1. The first-order valence-electron chi connectivity index (χ1n) is 6.34. The number of nitrogens with two attached hydrogens (primary N) is 2. The summed E-state index contributed by atoms with van der Waals surface area (Å²) >= 11 is 0.410. The molecule has 0 aliphatic rings. The molecule has 0 aliphatic carbocycles. The van der Waals surface area contributed by atoms with Crippen LogP contribution < -0.4 is 16.8 Å². The zero-order valence-electron chi connectivity index (χ0n) is 11.4. The molecule has 0 saturated heterocycles. The molecule has 4 nitrogen and oxygen atoms in total. The van der Waals surface area contributed by atoms with Crippen molar-refractivity contribution in [3.05, 3.63) is 51.2 Å². The highest BCUT2D eigenvalue weighted by Crippen LogP contribution is 2.34. The van der Waals surface area contributed by atoms with Crippen molar-refractivity contribution in [2.75, 3.05) is 5.73 Å². The molecule has 22 heavy (non-hydrogen) atoms. The van der Waals surface area contributed by atoms with Gasteiger partial charge in [0.15, 0.2) is 0 Å². The Bertz CT molecular complexity index is 682. The molecule has 118 valence electrons. The number of carbonyl (C=O) groups is 1. The van der Waals surface area contributed by atoms with E-state index in [2.05, 4.69) is 5.32 Å². The number of hydrogen-bond acceptors (Lipinski definition) is 4. The summed E-state index contributed by atoms with van der Waals surface area (Å²) in [7, 11) is 0. The van der Waals surface area contributed by atoms with Gasteiger partial charge >= 0.3 is 6.18 Å². The number of amides is 1. The molecule has 0 radical (unpaired) electrons. The van der Waals surface area contributed by atoms with Crippen LogP contribution in [-0.4, -0.2) is 5.91 Å². The monoisotopic (exact) mass is 329 g/mol. The molecule has 2 aromatic rings. The second-order valence-electron chi connectivity index (χ2n) is 4.53. The average molecular weight is 329 g/mol. The third kappa shape index (κ3) is 3.58. The van der Waals surface area contributed by atoms with Gasteiger partial charge in [0.05, 0.1) is 4.88 Å². The van der Waals surface area contributed by atoms with Crippen LogP contribution in [0, 0.1) is 0 Å². The summed E-state index contributed by atoms with van der Waals surface area (Å²) in [5, 5.41) is 2.57. The fourth-order valence-corrected chi connectivity index (χ4v) is 2.73. The molecule has 0 atom stereocenters. The van der Waals surface area contributed by atoms with E-state index < -0.39 is 17.0 Å². The lowest BCUT2D eigenvalue weighted by atomic mass is 10.1. The zero-order valence-corrected chi connectivity index (χ0v) is 12.2. The van der Waals surface area contributed by atoms with Gasteiger partial charge in [0.1, 0.15) is 4.88 Å². The Morgan fingerprint density at radius 2 is 1.95 bits per heavy atom. The number of nitrogen functional groups attached to an aromatic ring is 1. The molecule has 5 N–H and O–H groups in total. The molecular weight excluding hydrogens is 315 g/mol. The largest absolute Gasteiger partial charge is 0.425 e. The van der Waals surface area contributed by atoms with Crippen molar-refractivity contribution in [3.8, 4) is 0 Å². The number of nitrogens with one attached hydrogen (secondary N) is 1. The molecule has 1 heterocycles. The Labute approximate surface area is 128 Å². The van der Waals surface area contributed by atoms with Crippen molar-refractivity contribution in [2.24, 2.45) is 5.73 Å². The number of halogens is 3. The smallest absolute Gasteiger partial charge is 0.398 e. The maximum atomic E-state index is 12.5. The molecular formula is C14H14F3N3OS. The molecule has 2 rings (SSSR count). The van der Waals surface area contributed by atoms with Crippen LogP contribution in [0.25, 0.3) is 0 Å². The fourth-order valence-electron chi connectivity index (χ4n) is 1.94. The van der Waals surface area contributed by atoms with Crippen molar-refractivity contribution in [1.29, 1.82) is 0 Å². The minimum absolute atomic E-state index is 0.00512. The minimum Gasteiger partial charge on any atom is -0.398 e. The van der Waals surface area contributed by atoms with Gasteiger partial charge in [-0.05, 0) is 29.3 Å². The van der Waals surface area contributed by atoms with Crippen LogP contribution in [0.2, 0.25) is 0 Å². The number of benzene rings is 1. The molecule has 0 fully saturated rings. The summed E-state index contributed by atoms with van der Waals surface area (Å²) in [5.74, 6) is -0.564. The predicted molar refractivity (Wildman–Crippen MR) is 79.2 cm³/mol. The van der Waals surface area contributed by atoms with Gasteiger partial charge < -0.3 is 16.8 Å². The van der Waals surface area contributed by atoms with E-state index in [0.29, 0.717) is 22.6 Å². The number of hydrogen-bond donors (Lipinski definition) is 3. The molecule has 0 spiro atoms. The van der Waals surface area contributed by atoms with E-state index in [-0.39, 0.29) is 18.0 Å². The van der Waals surface area contributed by atoms with Gasteiger partial charge in [0.2, 0.25) is 0 Å². The van der Waals surface area contributed by atoms with Gasteiger partial charge in [-0.15, -0.1) is 11.3 Å². The Kier molecular flexibility index (Phi) is 4.72. The normalized spacial score (nSPS) is 11.5. The predicted octanol–water partition coefficient (Wildman–Crippen LogP) is 2.74. The Morgan fingerprint density at radius 1 is 1.23 bits per heavy atom. The number of anilines is 1. The minimum atomic E-state index is -4.44. The molecule has 1 aromatic carbocycles. The van der Waals surface area contributed by atoms with E-state index in [1.54, 1.807) is 18.2 Å². The molecule has 1 aromatic heterocycles. The summed E-state index contributed by atoms with van der Waals surface area (Å²) in [6.45, 7) is 0.366. The maximum Gasteiger partial charge on any atom is 0.425 e. The molecule has 0 bridgehead atoms. The lowest BCUT2D eigenvalue weighted by Gasteiger charge is -2.11. The quantitative estimate of drug-likeness (QED) is 0.755. The Morgan fingerprint density at radius 3 is 2.55 bits per heavy atom. The van der Waals surface area contributed by atoms with Gasteiger partial charge in [0, 0.05) is 18.8 Å². The van der Waals surface area contributed by atoms with Crippen LogP contribution >= 0.6 is 11.3 Å². The van der Waals surface area contributed by atoms with E-state index in [1.807, 2.05) is 0 Å². The second-order valence-corrected chi connectivity index (χ2v) is 5.62. The van der Waals surface area contributed by atoms with Crippen LogP contribution in [0.3, 0.4) is 0 Å². The van der Waals surface area contributed by atoms with Crippen LogP contribution in [0.1, 0.15) is 25.7 Å². The standard InChI is InChI=1S/C14H14F3N3OS/c15-14(16,17)12-5-4-11(22-12)13(21)20-7-8-2-1-3-10(19)9(8)6-18/h1-5H,6-7,18-19H2,(H,20,21). The summed E-state index contributed by atoms with van der Waals surface area (Å²) < 4.78 is 37.5. The SMILES string of the molecule is NCc1c(N)cccc1CNC(=O)c1ccc(C(F)(F)F)s1. The van der Waals surface area contributed by atoms with Crippen molar-refractivity contribution < 1.29 is 18.0 Å². The molecule has 0 aliphatic heterocycles. The van der Waals surface area contributed by atoms with Crippen molar-refractivity contribution >= 4 is 22.9 Å². The first-order valence-corrected chi connectivity index (χ1v) is 7.16. The van der Waals surface area contributed by atoms with E-state index in [0.717, 1.165) is 17.7 Å². The van der Waals surface area contributed by atoms with Crippen LogP contribution in [0.5, 0.6) is 0 Å². The summed E-state index contributed by atoms with van der Waals surface area (Å²) in [5.41, 5.74) is 13.4. The van der Waals surface area contributed by atoms with E-state index in [1.165, 1.54) is 0 Å². The maximum absolute atomic E-state index is 12.5. The highest BCUT2D eigenvalue weighted by Gasteiger charge is 2.33. The summed E-state index contributed by atoms with van der Waals surface area (Å²) in [4.78, 5) is 11.1. The first-order chi connectivity index (χ1) is 10.3. The van der Waals surface area contributed by atoms with E-state index in [9.17, 15) is 18.0 Å².